The van der Waals surface area contributed by atoms with Crippen molar-refractivity contribution < 1.29 is 4.79 Å². The average molecular weight is 422 g/mol. The first-order valence-corrected chi connectivity index (χ1v) is 10.9. The third-order valence-electron chi connectivity index (χ3n) is 7.41. The minimum absolute atomic E-state index is 0. The maximum absolute atomic E-state index is 13.0. The zero-order valence-corrected chi connectivity index (χ0v) is 18.8. The van der Waals surface area contributed by atoms with Crippen molar-refractivity contribution in [2.45, 2.75) is 83.7 Å². The van der Waals surface area contributed by atoms with E-state index in [9.17, 15) is 4.79 Å². The van der Waals surface area contributed by atoms with Crippen LogP contribution in [-0.2, 0) is 4.79 Å². The second-order valence-corrected chi connectivity index (χ2v) is 8.84. The quantitative estimate of drug-likeness (QED) is 0.680. The van der Waals surface area contributed by atoms with Gasteiger partial charge in [-0.25, -0.2) is 0 Å². The zero-order valence-electron chi connectivity index (χ0n) is 17.2. The predicted octanol–water partition coefficient (Wildman–Crippen LogP) is 4.00. The molecule has 3 saturated carbocycles. The minimum Gasteiger partial charge on any atom is -0.353 e. The van der Waals surface area contributed by atoms with E-state index < -0.39 is 0 Å². The summed E-state index contributed by atoms with van der Waals surface area (Å²) in [6.07, 6.45) is 10.8. The van der Waals surface area contributed by atoms with Gasteiger partial charge >= 0.3 is 0 Å². The molecule has 4 nitrogen and oxygen atoms in total. The molecule has 0 radical (unpaired) electrons. The fourth-order valence-electron chi connectivity index (χ4n) is 5.73. The molecule has 27 heavy (non-hydrogen) atoms. The lowest BCUT2D eigenvalue weighted by Crippen LogP contribution is -2.52. The minimum atomic E-state index is 0. The summed E-state index contributed by atoms with van der Waals surface area (Å²) in [5.41, 5.74) is 6.40. The molecule has 3 rings (SSSR count). The second-order valence-electron chi connectivity index (χ2n) is 8.84. The van der Waals surface area contributed by atoms with E-state index in [1.807, 2.05) is 0 Å². The van der Waals surface area contributed by atoms with Gasteiger partial charge in [0, 0.05) is 24.5 Å². The highest BCUT2D eigenvalue weighted by atomic mass is 35.5. The lowest BCUT2D eigenvalue weighted by molar-refractivity contribution is -0.129. The topological polar surface area (TPSA) is 58.4 Å². The number of nitrogens with zero attached hydrogens (tertiary/aromatic N) is 1. The van der Waals surface area contributed by atoms with Gasteiger partial charge in [0.2, 0.25) is 5.91 Å². The van der Waals surface area contributed by atoms with E-state index in [1.165, 1.54) is 38.5 Å². The van der Waals surface area contributed by atoms with Gasteiger partial charge in [-0.15, -0.1) is 24.8 Å². The monoisotopic (exact) mass is 421 g/mol. The summed E-state index contributed by atoms with van der Waals surface area (Å²) in [6, 6.07) is 0.736. The smallest absolute Gasteiger partial charge is 0.223 e. The molecule has 2 bridgehead atoms. The first-order chi connectivity index (χ1) is 12.1. The van der Waals surface area contributed by atoms with Gasteiger partial charge in [-0.3, -0.25) is 4.79 Å². The van der Waals surface area contributed by atoms with E-state index in [2.05, 4.69) is 24.1 Å². The van der Waals surface area contributed by atoms with E-state index in [4.69, 9.17) is 5.73 Å². The molecule has 0 aromatic carbocycles. The first-order valence-electron chi connectivity index (χ1n) is 10.9. The molecule has 0 aromatic heterocycles. The van der Waals surface area contributed by atoms with Gasteiger partial charge in [-0.2, -0.15) is 0 Å². The Balaban J connectivity index is 0.00000182. The highest BCUT2D eigenvalue weighted by Gasteiger charge is 2.41. The van der Waals surface area contributed by atoms with Crippen molar-refractivity contribution in [2.75, 3.05) is 19.6 Å². The van der Waals surface area contributed by atoms with Crippen LogP contribution in [0.3, 0.4) is 0 Å². The van der Waals surface area contributed by atoms with Crippen molar-refractivity contribution >= 4 is 30.7 Å². The van der Waals surface area contributed by atoms with Gasteiger partial charge in [-0.05, 0) is 69.4 Å². The Hall–Kier alpha value is -0.0300. The number of hydrogen-bond acceptors (Lipinski definition) is 3. The van der Waals surface area contributed by atoms with E-state index in [1.54, 1.807) is 0 Å². The Morgan fingerprint density at radius 1 is 0.963 bits per heavy atom. The molecular formula is C21H41Cl2N3O. The summed E-state index contributed by atoms with van der Waals surface area (Å²) in [4.78, 5) is 15.5. The van der Waals surface area contributed by atoms with Crippen LogP contribution in [0.15, 0.2) is 0 Å². The third-order valence-corrected chi connectivity index (χ3v) is 7.41. The molecule has 160 valence electrons. The molecule has 0 heterocycles. The summed E-state index contributed by atoms with van der Waals surface area (Å²) in [6.45, 7) is 7.84. The molecule has 3 N–H and O–H groups in total. The third kappa shape index (κ3) is 6.22. The zero-order chi connectivity index (χ0) is 17.8. The molecule has 3 fully saturated rings. The number of amides is 1. The maximum atomic E-state index is 13.0. The van der Waals surface area contributed by atoms with Crippen LogP contribution in [-0.4, -0.2) is 42.5 Å². The molecule has 0 aliphatic heterocycles. The van der Waals surface area contributed by atoms with Crippen LogP contribution in [0.1, 0.15) is 71.6 Å². The lowest BCUT2D eigenvalue weighted by Gasteiger charge is -2.44. The number of nitrogens with one attached hydrogen (secondary N) is 1. The second kappa shape index (κ2) is 11.8. The molecule has 1 amide bonds. The Kier molecular flexibility index (Phi) is 11.0. The van der Waals surface area contributed by atoms with Gasteiger partial charge < -0.3 is 16.0 Å². The van der Waals surface area contributed by atoms with E-state index in [0.29, 0.717) is 35.7 Å². The summed E-state index contributed by atoms with van der Waals surface area (Å²) in [7, 11) is 0. The molecule has 3 aliphatic carbocycles. The number of fused-ring (bicyclic) bond motifs is 2. The highest BCUT2D eigenvalue weighted by Crippen LogP contribution is 2.42. The number of nitrogens with two attached hydrogens (primary N) is 1. The summed E-state index contributed by atoms with van der Waals surface area (Å²) in [5, 5.41) is 3.49. The number of carbonyl (C=O) groups is 1. The van der Waals surface area contributed by atoms with Crippen molar-refractivity contribution in [3.05, 3.63) is 0 Å². The lowest BCUT2D eigenvalue weighted by atomic mass is 9.65. The number of rotatable bonds is 6. The molecule has 0 spiro atoms. The van der Waals surface area contributed by atoms with Crippen LogP contribution < -0.4 is 11.1 Å². The number of hydrogen-bond donors (Lipinski definition) is 2. The predicted molar refractivity (Wildman–Crippen MR) is 118 cm³/mol. The Bertz CT molecular complexity index is 433. The highest BCUT2D eigenvalue weighted by molar-refractivity contribution is 5.85. The summed E-state index contributed by atoms with van der Waals surface area (Å²) >= 11 is 0. The standard InChI is InChI=1S/C21H39N3O.2ClH/c1-3-24(4-2)14-17-8-5-6-11-19(17)23-21(25)18-12-15-9-7-10-16(13-18)20(15)22;;/h15-20H,3-14,22H2,1-2H3,(H,23,25);2*1H. The van der Waals surface area contributed by atoms with Crippen LogP contribution in [0.25, 0.3) is 0 Å². The van der Waals surface area contributed by atoms with Crippen LogP contribution in [0.4, 0.5) is 0 Å². The van der Waals surface area contributed by atoms with Crippen molar-refractivity contribution in [3.8, 4) is 0 Å². The van der Waals surface area contributed by atoms with Crippen molar-refractivity contribution in [2.24, 2.45) is 29.4 Å². The van der Waals surface area contributed by atoms with Crippen molar-refractivity contribution in [3.63, 3.8) is 0 Å². The normalized spacial score (nSPS) is 35.7. The molecule has 0 saturated heterocycles. The number of halogens is 2. The van der Waals surface area contributed by atoms with Gasteiger partial charge in [0.15, 0.2) is 0 Å². The number of carbonyl (C=O) groups excluding carboxylic acids is 1. The largest absolute Gasteiger partial charge is 0.353 e. The van der Waals surface area contributed by atoms with Crippen LogP contribution in [0, 0.1) is 23.7 Å². The van der Waals surface area contributed by atoms with E-state index in [-0.39, 0.29) is 30.7 Å². The maximum Gasteiger partial charge on any atom is 0.223 e. The molecule has 4 atom stereocenters. The van der Waals surface area contributed by atoms with E-state index in [0.717, 1.165) is 38.9 Å². The van der Waals surface area contributed by atoms with Crippen LogP contribution in [0.5, 0.6) is 0 Å². The van der Waals surface area contributed by atoms with Gasteiger partial charge in [0.25, 0.3) is 0 Å². The molecule has 0 aromatic rings. The van der Waals surface area contributed by atoms with Crippen molar-refractivity contribution in [1.29, 1.82) is 0 Å². The summed E-state index contributed by atoms with van der Waals surface area (Å²) < 4.78 is 0. The molecule has 4 unspecified atom stereocenters. The average Bonchev–Trinajstić information content (AvgIpc) is 2.60. The Morgan fingerprint density at radius 3 is 2.15 bits per heavy atom. The fourth-order valence-corrected chi connectivity index (χ4v) is 5.73. The van der Waals surface area contributed by atoms with Crippen LogP contribution in [0.2, 0.25) is 0 Å². The Morgan fingerprint density at radius 2 is 1.56 bits per heavy atom. The summed E-state index contributed by atoms with van der Waals surface area (Å²) in [5.74, 6) is 2.34. The SMILES string of the molecule is CCN(CC)CC1CCCCC1NC(=O)C1CC2CCCC(C1)C2N.Cl.Cl. The first kappa shape index (κ1) is 25.0. The van der Waals surface area contributed by atoms with Crippen molar-refractivity contribution in [1.82, 2.24) is 10.2 Å². The molecular weight excluding hydrogens is 381 g/mol. The fraction of sp³-hybridized carbons (Fsp3) is 0.952. The van der Waals surface area contributed by atoms with Gasteiger partial charge in [-0.1, -0.05) is 33.1 Å². The van der Waals surface area contributed by atoms with Gasteiger partial charge in [0.05, 0.1) is 0 Å². The van der Waals surface area contributed by atoms with Crippen LogP contribution >= 0.6 is 24.8 Å². The molecule has 6 heteroatoms. The van der Waals surface area contributed by atoms with Gasteiger partial charge in [0.1, 0.15) is 0 Å². The molecule has 3 aliphatic rings. The van der Waals surface area contributed by atoms with E-state index >= 15 is 0 Å². The Labute approximate surface area is 178 Å².